The summed E-state index contributed by atoms with van der Waals surface area (Å²) in [5, 5.41) is 0. The van der Waals surface area contributed by atoms with Gasteiger partial charge in [0.15, 0.2) is 17.9 Å². The summed E-state index contributed by atoms with van der Waals surface area (Å²) < 4.78 is 17.3. The Balaban J connectivity index is 3.14. The van der Waals surface area contributed by atoms with E-state index in [2.05, 4.69) is 11.7 Å². The van der Waals surface area contributed by atoms with Crippen molar-refractivity contribution in [1.29, 1.82) is 0 Å². The van der Waals surface area contributed by atoms with E-state index < -0.39 is 11.8 Å². The zero-order valence-electron chi connectivity index (χ0n) is 6.62. The number of hydrogen-bond acceptors (Lipinski definition) is 3. The number of hydrogen-bond donors (Lipinski definition) is 0. The van der Waals surface area contributed by atoms with E-state index >= 15 is 0 Å². The van der Waals surface area contributed by atoms with Gasteiger partial charge in [-0.15, -0.1) is 0 Å². The fourth-order valence-corrected chi connectivity index (χ4v) is 0.840. The van der Waals surface area contributed by atoms with Crippen LogP contribution < -0.4 is 4.74 Å². The highest BCUT2D eigenvalue weighted by Crippen LogP contribution is 2.20. The summed E-state index contributed by atoms with van der Waals surface area (Å²) in [6.07, 6.45) is 0.404. The van der Waals surface area contributed by atoms with Gasteiger partial charge in [-0.1, -0.05) is 6.07 Å². The molecule has 0 aliphatic rings. The van der Waals surface area contributed by atoms with Crippen LogP contribution in [0.25, 0.3) is 0 Å². The van der Waals surface area contributed by atoms with E-state index in [9.17, 15) is 14.0 Å². The molecule has 0 amide bonds. The first kappa shape index (κ1) is 9.38. The Morgan fingerprint density at radius 3 is 2.77 bits per heavy atom. The van der Waals surface area contributed by atoms with E-state index in [0.717, 1.165) is 6.07 Å². The van der Waals surface area contributed by atoms with Gasteiger partial charge >= 0.3 is 5.97 Å². The smallest absolute Gasteiger partial charge is 0.311 e. The zero-order chi connectivity index (χ0) is 9.84. The number of halogens is 1. The average molecular weight is 181 g/mol. The minimum Gasteiger partial charge on any atom is -0.423 e. The molecule has 0 atom stereocenters. The summed E-state index contributed by atoms with van der Waals surface area (Å²) in [7, 11) is 0. The van der Waals surface area contributed by atoms with Gasteiger partial charge in [-0.05, 0) is 12.1 Å². The van der Waals surface area contributed by atoms with Gasteiger partial charge in [0.25, 0.3) is 0 Å². The van der Waals surface area contributed by atoms with Crippen LogP contribution in [0.15, 0.2) is 18.2 Å². The SMILES string of the molecule is [CH2]C(=O)Oc1c(F)cccc1C=O. The number of rotatable bonds is 2. The molecule has 1 aromatic rings. The van der Waals surface area contributed by atoms with Gasteiger partial charge in [-0.2, -0.15) is 0 Å². The monoisotopic (exact) mass is 181 g/mol. The quantitative estimate of drug-likeness (QED) is 0.393. The van der Waals surface area contributed by atoms with Crippen molar-refractivity contribution in [1.82, 2.24) is 0 Å². The second kappa shape index (κ2) is 3.80. The first-order valence-electron chi connectivity index (χ1n) is 3.42. The van der Waals surface area contributed by atoms with Crippen LogP contribution in [0.1, 0.15) is 10.4 Å². The van der Waals surface area contributed by atoms with Crippen molar-refractivity contribution in [2.75, 3.05) is 0 Å². The van der Waals surface area contributed by atoms with Crippen molar-refractivity contribution in [2.45, 2.75) is 0 Å². The lowest BCUT2D eigenvalue weighted by molar-refractivity contribution is -0.129. The molecule has 0 bridgehead atoms. The summed E-state index contributed by atoms with van der Waals surface area (Å²) in [5.41, 5.74) is -0.0167. The molecule has 0 aliphatic carbocycles. The fourth-order valence-electron chi connectivity index (χ4n) is 0.840. The Morgan fingerprint density at radius 1 is 1.54 bits per heavy atom. The predicted octanol–water partition coefficient (Wildman–Crippen LogP) is 1.38. The van der Waals surface area contributed by atoms with Crippen LogP contribution in [0.3, 0.4) is 0 Å². The maximum Gasteiger partial charge on any atom is 0.311 e. The van der Waals surface area contributed by atoms with E-state index in [-0.39, 0.29) is 11.3 Å². The van der Waals surface area contributed by atoms with Crippen LogP contribution in [0.4, 0.5) is 4.39 Å². The summed E-state index contributed by atoms with van der Waals surface area (Å²) in [6.45, 7) is 2.91. The second-order valence-corrected chi connectivity index (χ2v) is 2.25. The van der Waals surface area contributed by atoms with E-state index in [1.807, 2.05) is 0 Å². The molecule has 13 heavy (non-hydrogen) atoms. The molecule has 0 saturated heterocycles. The van der Waals surface area contributed by atoms with Gasteiger partial charge in [-0.3, -0.25) is 9.59 Å². The molecule has 1 rings (SSSR count). The molecule has 3 nitrogen and oxygen atoms in total. The number of ether oxygens (including phenoxy) is 1. The lowest BCUT2D eigenvalue weighted by atomic mass is 10.2. The maximum atomic E-state index is 12.9. The van der Waals surface area contributed by atoms with Crippen LogP contribution in [-0.2, 0) is 4.79 Å². The minimum atomic E-state index is -0.909. The highest BCUT2D eigenvalue weighted by atomic mass is 19.1. The highest BCUT2D eigenvalue weighted by molar-refractivity contribution is 5.83. The highest BCUT2D eigenvalue weighted by Gasteiger charge is 2.10. The number of aldehydes is 1. The molecule has 0 heterocycles. The molecule has 0 aliphatic heterocycles. The Kier molecular flexibility index (Phi) is 2.74. The summed E-state index contributed by atoms with van der Waals surface area (Å²) in [5.74, 6) is -2.05. The topological polar surface area (TPSA) is 43.4 Å². The van der Waals surface area contributed by atoms with Crippen LogP contribution >= 0.6 is 0 Å². The van der Waals surface area contributed by atoms with Crippen LogP contribution in [0.2, 0.25) is 0 Å². The number of esters is 1. The third-order valence-electron chi connectivity index (χ3n) is 1.34. The average Bonchev–Trinajstić information content (AvgIpc) is 2.08. The molecule has 1 radical (unpaired) electrons. The van der Waals surface area contributed by atoms with Crippen molar-refractivity contribution < 1.29 is 18.7 Å². The number of carbonyl (C=O) groups is 2. The lowest BCUT2D eigenvalue weighted by Crippen LogP contribution is -2.05. The Morgan fingerprint density at radius 2 is 2.23 bits per heavy atom. The van der Waals surface area contributed by atoms with Crippen molar-refractivity contribution in [3.05, 3.63) is 36.5 Å². The minimum absolute atomic E-state index is 0.0167. The maximum absolute atomic E-state index is 12.9. The van der Waals surface area contributed by atoms with E-state index in [4.69, 9.17) is 0 Å². The molecule has 4 heteroatoms. The molecule has 67 valence electrons. The van der Waals surface area contributed by atoms with E-state index in [0.29, 0.717) is 6.29 Å². The van der Waals surface area contributed by atoms with Crippen molar-refractivity contribution in [3.8, 4) is 5.75 Å². The number of carbonyl (C=O) groups excluding carboxylic acids is 2. The molecule has 0 spiro atoms. The molecule has 0 unspecified atom stereocenters. The zero-order valence-corrected chi connectivity index (χ0v) is 6.62. The Bertz CT molecular complexity index is 347. The first-order valence-corrected chi connectivity index (χ1v) is 3.42. The van der Waals surface area contributed by atoms with Gasteiger partial charge in [0.05, 0.1) is 12.5 Å². The van der Waals surface area contributed by atoms with E-state index in [1.165, 1.54) is 12.1 Å². The third kappa shape index (κ3) is 2.11. The number of para-hydroxylation sites is 1. The fraction of sp³-hybridized carbons (Fsp3) is 0. The van der Waals surface area contributed by atoms with Gasteiger partial charge in [0.2, 0.25) is 0 Å². The Labute approximate surface area is 74.1 Å². The molecule has 0 saturated carbocycles. The van der Waals surface area contributed by atoms with Crippen LogP contribution in [0.5, 0.6) is 5.75 Å². The van der Waals surface area contributed by atoms with Crippen molar-refractivity contribution in [2.24, 2.45) is 0 Å². The second-order valence-electron chi connectivity index (χ2n) is 2.25. The predicted molar refractivity (Wildman–Crippen MR) is 42.8 cm³/mol. The first-order chi connectivity index (χ1) is 6.15. The lowest BCUT2D eigenvalue weighted by Gasteiger charge is -2.04. The molecule has 1 aromatic carbocycles. The Hall–Kier alpha value is -1.71. The van der Waals surface area contributed by atoms with Gasteiger partial charge in [-0.25, -0.2) is 4.39 Å². The van der Waals surface area contributed by atoms with Crippen LogP contribution in [-0.4, -0.2) is 12.3 Å². The third-order valence-corrected chi connectivity index (χ3v) is 1.34. The molecular formula is C9H6FO3. The van der Waals surface area contributed by atoms with Crippen LogP contribution in [0, 0.1) is 12.7 Å². The molecular weight excluding hydrogens is 175 g/mol. The van der Waals surface area contributed by atoms with Crippen molar-refractivity contribution >= 4 is 12.3 Å². The largest absolute Gasteiger partial charge is 0.423 e. The van der Waals surface area contributed by atoms with Crippen molar-refractivity contribution in [3.63, 3.8) is 0 Å². The summed E-state index contributed by atoms with van der Waals surface area (Å²) in [6, 6.07) is 3.78. The van der Waals surface area contributed by atoms with Gasteiger partial charge in [0.1, 0.15) is 0 Å². The summed E-state index contributed by atoms with van der Waals surface area (Å²) in [4.78, 5) is 20.8. The van der Waals surface area contributed by atoms with Gasteiger partial charge in [0, 0.05) is 0 Å². The molecule has 0 N–H and O–H groups in total. The van der Waals surface area contributed by atoms with Gasteiger partial charge < -0.3 is 4.74 Å². The molecule has 0 fully saturated rings. The number of benzene rings is 1. The molecule has 0 aromatic heterocycles. The summed E-state index contributed by atoms with van der Waals surface area (Å²) >= 11 is 0. The standard InChI is InChI=1S/C9H6FO3/c1-6(12)13-9-7(5-11)3-2-4-8(9)10/h2-5H,1H2. The van der Waals surface area contributed by atoms with E-state index in [1.54, 1.807) is 0 Å². The normalized spacial score (nSPS) is 9.38.